The molecule has 14 rings (SSSR count). The molecule has 2 aliphatic carbocycles. The zero-order valence-corrected chi connectivity index (χ0v) is 38.0. The lowest BCUT2D eigenvalue weighted by Gasteiger charge is -2.30. The number of hydrogen-bond acceptors (Lipinski definition) is 2. The van der Waals surface area contributed by atoms with Gasteiger partial charge < -0.3 is 14.4 Å². The largest absolute Gasteiger partial charge is 0.310 e. The van der Waals surface area contributed by atoms with Gasteiger partial charge in [0.15, 0.2) is 0 Å². The summed E-state index contributed by atoms with van der Waals surface area (Å²) < 4.78 is 2.58. The number of hydrogen-bond donors (Lipinski definition) is 0. The Morgan fingerprint density at radius 2 is 0.910 bits per heavy atom. The Kier molecular flexibility index (Phi) is 7.80. The standard InChI is InChI=1S/C64H47N3/c1-63(2)53-28-11-10-24-47(53)52-38-44(34-36-54(52)63)65(42-21-13-22-43(37-42)66(41-19-6-5-7-20-41)57-31-12-18-40-17-8-9-23-46(40)57)45-33-35-48-50-26-14-27-51-49-25-15-29-55-60(49)61-56(64(55,3)4)30-16-32-58(61)67(62(50)51)59(48)39-45/h5-39H,1-4H3. The molecular formula is C64H47N3. The van der Waals surface area contributed by atoms with Gasteiger partial charge in [0, 0.05) is 66.6 Å². The summed E-state index contributed by atoms with van der Waals surface area (Å²) >= 11 is 0. The fourth-order valence-electron chi connectivity index (χ4n) is 12.4. The Hall–Kier alpha value is -8.14. The van der Waals surface area contributed by atoms with Crippen molar-refractivity contribution in [3.05, 3.63) is 235 Å². The lowest BCUT2D eigenvalue weighted by atomic mass is 9.82. The van der Waals surface area contributed by atoms with E-state index in [1.807, 2.05) is 0 Å². The topological polar surface area (TPSA) is 11.4 Å². The summed E-state index contributed by atoms with van der Waals surface area (Å²) in [7, 11) is 0. The first-order chi connectivity index (χ1) is 32.8. The van der Waals surface area contributed by atoms with E-state index in [2.05, 4.69) is 254 Å². The maximum atomic E-state index is 2.58. The van der Waals surface area contributed by atoms with Gasteiger partial charge >= 0.3 is 0 Å². The highest BCUT2D eigenvalue weighted by Crippen LogP contribution is 2.58. The van der Waals surface area contributed by atoms with Gasteiger partial charge in [-0.1, -0.05) is 173 Å². The smallest absolute Gasteiger partial charge is 0.0619 e. The molecule has 67 heavy (non-hydrogen) atoms. The highest BCUT2D eigenvalue weighted by atomic mass is 15.2. The third-order valence-electron chi connectivity index (χ3n) is 15.5. The molecule has 0 atom stereocenters. The third kappa shape index (κ3) is 5.23. The highest BCUT2D eigenvalue weighted by Gasteiger charge is 2.41. The highest BCUT2D eigenvalue weighted by molar-refractivity contribution is 6.18. The van der Waals surface area contributed by atoms with Gasteiger partial charge in [-0.25, -0.2) is 0 Å². The van der Waals surface area contributed by atoms with Gasteiger partial charge in [0.05, 0.1) is 22.4 Å². The lowest BCUT2D eigenvalue weighted by Crippen LogP contribution is -2.16. The van der Waals surface area contributed by atoms with Crippen LogP contribution < -0.4 is 9.80 Å². The Morgan fingerprint density at radius 3 is 1.79 bits per heavy atom. The molecule has 3 aliphatic rings. The maximum absolute atomic E-state index is 2.58. The average molecular weight is 858 g/mol. The zero-order valence-electron chi connectivity index (χ0n) is 38.0. The first-order valence-electron chi connectivity index (χ1n) is 23.6. The molecule has 0 bridgehead atoms. The third-order valence-corrected chi connectivity index (χ3v) is 15.5. The summed E-state index contributed by atoms with van der Waals surface area (Å²) in [5.74, 6) is 0. The van der Waals surface area contributed by atoms with Crippen LogP contribution in [0.15, 0.2) is 212 Å². The van der Waals surface area contributed by atoms with Crippen LogP contribution in [0.25, 0.3) is 71.6 Å². The van der Waals surface area contributed by atoms with E-state index in [0.29, 0.717) is 0 Å². The molecule has 0 unspecified atom stereocenters. The van der Waals surface area contributed by atoms with Gasteiger partial charge in [-0.15, -0.1) is 0 Å². The SMILES string of the molecule is CC1(C)c2ccccc2-c2cc(N(c3cccc(N(c4ccccc4)c4cccc5ccccc45)c3)c3ccc4c5cccc6c5n(c4c3)-c3cccc4c3-c3c-6cccc3C4(C)C)ccc21. The van der Waals surface area contributed by atoms with Crippen LogP contribution in [-0.2, 0) is 10.8 Å². The van der Waals surface area contributed by atoms with E-state index in [1.165, 1.54) is 93.9 Å². The summed E-state index contributed by atoms with van der Waals surface area (Å²) in [4.78, 5) is 4.89. The van der Waals surface area contributed by atoms with Crippen molar-refractivity contribution in [1.82, 2.24) is 4.57 Å². The monoisotopic (exact) mass is 857 g/mol. The number of nitrogens with zero attached hydrogens (tertiary/aromatic N) is 3. The minimum absolute atomic E-state index is 0.102. The van der Waals surface area contributed by atoms with Gasteiger partial charge in [-0.3, -0.25) is 0 Å². The first-order valence-corrected chi connectivity index (χ1v) is 23.6. The number of aromatic nitrogens is 1. The van der Waals surface area contributed by atoms with Crippen LogP contribution in [0.5, 0.6) is 0 Å². The quantitative estimate of drug-likeness (QED) is 0.165. The molecule has 0 spiro atoms. The number of benzene rings is 10. The molecule has 318 valence electrons. The van der Waals surface area contributed by atoms with Crippen molar-refractivity contribution in [3.63, 3.8) is 0 Å². The van der Waals surface area contributed by atoms with Crippen molar-refractivity contribution in [1.29, 1.82) is 0 Å². The average Bonchev–Trinajstić information content (AvgIpc) is 3.87. The van der Waals surface area contributed by atoms with Crippen LogP contribution in [0, 0.1) is 0 Å². The summed E-state index contributed by atoms with van der Waals surface area (Å²) in [5, 5.41) is 4.94. The van der Waals surface area contributed by atoms with Crippen LogP contribution in [0.1, 0.15) is 49.9 Å². The van der Waals surface area contributed by atoms with E-state index in [0.717, 1.165) is 34.1 Å². The first kappa shape index (κ1) is 38.2. The number of fused-ring (bicyclic) bond motifs is 9. The Labute approximate surface area is 391 Å². The van der Waals surface area contributed by atoms with Crippen LogP contribution in [-0.4, -0.2) is 4.57 Å². The van der Waals surface area contributed by atoms with Crippen LogP contribution in [0.3, 0.4) is 0 Å². The van der Waals surface area contributed by atoms with Crippen molar-refractivity contribution < 1.29 is 0 Å². The van der Waals surface area contributed by atoms with E-state index in [9.17, 15) is 0 Å². The summed E-state index contributed by atoms with van der Waals surface area (Å²) in [6.07, 6.45) is 0. The normalized spacial score (nSPS) is 14.2. The van der Waals surface area contributed by atoms with E-state index in [4.69, 9.17) is 0 Å². The van der Waals surface area contributed by atoms with Gasteiger partial charge in [0.25, 0.3) is 0 Å². The van der Waals surface area contributed by atoms with Gasteiger partial charge in [-0.05, 0) is 117 Å². The summed E-state index contributed by atoms with van der Waals surface area (Å²) in [5.41, 5.74) is 23.6. The number of anilines is 6. The van der Waals surface area contributed by atoms with Crippen molar-refractivity contribution in [2.45, 2.75) is 38.5 Å². The minimum Gasteiger partial charge on any atom is -0.310 e. The Morgan fingerprint density at radius 1 is 0.343 bits per heavy atom. The van der Waals surface area contributed by atoms with Crippen LogP contribution >= 0.6 is 0 Å². The molecule has 0 N–H and O–H groups in total. The molecule has 2 heterocycles. The zero-order chi connectivity index (χ0) is 44.8. The van der Waals surface area contributed by atoms with Gasteiger partial charge in [0.2, 0.25) is 0 Å². The second-order valence-corrected chi connectivity index (χ2v) is 19.7. The van der Waals surface area contributed by atoms with Crippen molar-refractivity contribution >= 4 is 66.7 Å². The summed E-state index contributed by atoms with van der Waals surface area (Å²) in [6.45, 7) is 9.50. The Balaban J connectivity index is 1.03. The molecule has 0 saturated heterocycles. The molecule has 0 saturated carbocycles. The van der Waals surface area contributed by atoms with Crippen molar-refractivity contribution in [3.8, 4) is 39.1 Å². The Bertz CT molecular complexity index is 3880. The predicted octanol–water partition coefficient (Wildman–Crippen LogP) is 17.5. The molecule has 3 heteroatoms. The fraction of sp³-hybridized carbons (Fsp3) is 0.0938. The fourth-order valence-corrected chi connectivity index (χ4v) is 12.4. The lowest BCUT2D eigenvalue weighted by molar-refractivity contribution is 0.660. The number of rotatable bonds is 6. The van der Waals surface area contributed by atoms with Gasteiger partial charge in [0.1, 0.15) is 0 Å². The van der Waals surface area contributed by atoms with Crippen LogP contribution in [0.2, 0.25) is 0 Å². The maximum Gasteiger partial charge on any atom is 0.0619 e. The van der Waals surface area contributed by atoms with Gasteiger partial charge in [-0.2, -0.15) is 0 Å². The molecule has 0 radical (unpaired) electrons. The molecule has 1 aromatic heterocycles. The predicted molar refractivity (Wildman–Crippen MR) is 282 cm³/mol. The van der Waals surface area contributed by atoms with Crippen molar-refractivity contribution in [2.24, 2.45) is 0 Å². The van der Waals surface area contributed by atoms with E-state index in [-0.39, 0.29) is 10.8 Å². The molecule has 3 nitrogen and oxygen atoms in total. The second-order valence-electron chi connectivity index (χ2n) is 19.7. The van der Waals surface area contributed by atoms with E-state index in [1.54, 1.807) is 0 Å². The molecule has 1 aliphatic heterocycles. The number of para-hydroxylation sites is 2. The molecule has 0 fully saturated rings. The van der Waals surface area contributed by atoms with Crippen LogP contribution in [0.4, 0.5) is 34.1 Å². The van der Waals surface area contributed by atoms with Crippen molar-refractivity contribution in [2.75, 3.05) is 9.80 Å². The molecule has 10 aromatic carbocycles. The summed E-state index contributed by atoms with van der Waals surface area (Å²) in [6, 6.07) is 79.3. The second kappa shape index (κ2) is 13.7. The minimum atomic E-state index is -0.113. The molecule has 0 amide bonds. The van der Waals surface area contributed by atoms with E-state index < -0.39 is 0 Å². The molecule has 11 aromatic rings. The molecular weight excluding hydrogens is 811 g/mol. The van der Waals surface area contributed by atoms with E-state index >= 15 is 0 Å².